The van der Waals surface area contributed by atoms with Crippen molar-refractivity contribution in [2.45, 2.75) is 41.7 Å². The maximum absolute atomic E-state index is 13.8. The molecule has 2 amide bonds. The van der Waals surface area contributed by atoms with Crippen LogP contribution in [0, 0.1) is 0 Å². The summed E-state index contributed by atoms with van der Waals surface area (Å²) in [6.45, 7) is 0. The van der Waals surface area contributed by atoms with Gasteiger partial charge in [-0.1, -0.05) is 0 Å². The second kappa shape index (κ2) is 9.53. The van der Waals surface area contributed by atoms with Gasteiger partial charge < -0.3 is 4.74 Å². The van der Waals surface area contributed by atoms with Crippen molar-refractivity contribution in [1.82, 2.24) is 0 Å². The van der Waals surface area contributed by atoms with E-state index < -0.39 is 71.1 Å². The van der Waals surface area contributed by atoms with Gasteiger partial charge in [0, 0.05) is 12.2 Å². The Morgan fingerprint density at radius 3 is 1.35 bits per heavy atom. The molecule has 0 saturated carbocycles. The zero-order valence-electron chi connectivity index (χ0n) is 18.1. The quantitative estimate of drug-likeness (QED) is 0.170. The van der Waals surface area contributed by atoms with Gasteiger partial charge in [0.05, 0.1) is 5.69 Å². The molecule has 0 fully saturated rings. The standard InChI is InChI=1S/C19H6F17NO3/c20-11(12(21)40-8-3-1-7(2-4-8)37-9(38)5-6-10(37)39)13(22,23)14(24,25)15(26,27)16(28,29)17(30,31)18(32,33)19(34,35)36/h1-6H. The number of hydrogen-bond donors (Lipinski definition) is 0. The van der Waals surface area contributed by atoms with Gasteiger partial charge in [-0.05, 0) is 24.3 Å². The predicted molar refractivity (Wildman–Crippen MR) is 93.7 cm³/mol. The zero-order chi connectivity index (χ0) is 31.5. The van der Waals surface area contributed by atoms with Crippen LogP contribution in [0.15, 0.2) is 48.3 Å². The van der Waals surface area contributed by atoms with Crippen LogP contribution in [-0.4, -0.2) is 53.5 Å². The molecule has 0 bridgehead atoms. The highest BCUT2D eigenvalue weighted by atomic mass is 19.4. The molecule has 0 aliphatic carbocycles. The van der Waals surface area contributed by atoms with Gasteiger partial charge in [0.2, 0.25) is 5.83 Å². The predicted octanol–water partition coefficient (Wildman–Crippen LogP) is 6.98. The Morgan fingerprint density at radius 2 is 0.950 bits per heavy atom. The summed E-state index contributed by atoms with van der Waals surface area (Å²) >= 11 is 0. The normalized spacial score (nSPS) is 17.0. The van der Waals surface area contributed by atoms with Gasteiger partial charge in [-0.25, -0.2) is 4.90 Å². The van der Waals surface area contributed by atoms with Crippen LogP contribution in [0.25, 0.3) is 0 Å². The van der Waals surface area contributed by atoms with Crippen LogP contribution in [0.2, 0.25) is 0 Å². The molecule has 1 aliphatic heterocycles. The molecule has 0 aromatic heterocycles. The SMILES string of the molecule is O=C1C=CC(=O)N1c1ccc(OC(F)=C(F)C(F)(F)C(F)(F)C(F)(F)C(F)(F)C(F)(F)C(F)(F)C(F)(F)F)cc1. The summed E-state index contributed by atoms with van der Waals surface area (Å²) in [5.41, 5.74) is -0.340. The van der Waals surface area contributed by atoms with E-state index >= 15 is 0 Å². The third kappa shape index (κ3) is 4.61. The number of rotatable bonds is 9. The molecule has 0 spiro atoms. The van der Waals surface area contributed by atoms with Gasteiger partial charge in [-0.2, -0.15) is 74.6 Å². The van der Waals surface area contributed by atoms with Crippen LogP contribution in [0.1, 0.15) is 0 Å². The first-order valence-electron chi connectivity index (χ1n) is 9.43. The highest BCUT2D eigenvalue weighted by Crippen LogP contribution is 2.63. The number of carbonyl (C=O) groups excluding carboxylic acids is 2. The van der Waals surface area contributed by atoms with Crippen LogP contribution < -0.4 is 9.64 Å². The topological polar surface area (TPSA) is 46.6 Å². The van der Waals surface area contributed by atoms with E-state index in [4.69, 9.17) is 0 Å². The molecule has 0 N–H and O–H groups in total. The first-order chi connectivity index (χ1) is 17.7. The summed E-state index contributed by atoms with van der Waals surface area (Å²) < 4.78 is 229. The van der Waals surface area contributed by atoms with Crippen molar-refractivity contribution in [2.75, 3.05) is 4.90 Å². The molecular weight excluding hydrogens is 613 g/mol. The minimum absolute atomic E-state index is 0.340. The summed E-state index contributed by atoms with van der Waals surface area (Å²) in [5, 5.41) is 0. The van der Waals surface area contributed by atoms with Crippen LogP contribution in [-0.2, 0) is 9.59 Å². The number of anilines is 1. The summed E-state index contributed by atoms with van der Waals surface area (Å²) in [6.07, 6.45) is -6.28. The molecule has 21 heteroatoms. The van der Waals surface area contributed by atoms with Crippen molar-refractivity contribution < 1.29 is 89.0 Å². The Balaban J connectivity index is 2.45. The Bertz CT molecular complexity index is 1210. The highest BCUT2D eigenvalue weighted by molar-refractivity contribution is 6.28. The minimum atomic E-state index is -8.68. The summed E-state index contributed by atoms with van der Waals surface area (Å²) in [6, 6.07) is -1.47. The monoisotopic (exact) mass is 619 g/mol. The Kier molecular flexibility index (Phi) is 7.78. The van der Waals surface area contributed by atoms with E-state index in [1.165, 1.54) is 0 Å². The van der Waals surface area contributed by atoms with Crippen LogP contribution in [0.5, 0.6) is 5.75 Å². The largest absolute Gasteiger partial charge is 0.460 e. The molecular formula is C19H6F17NO3. The number of hydrogen-bond acceptors (Lipinski definition) is 3. The number of amides is 2. The number of ether oxygens (including phenoxy) is 1. The van der Waals surface area contributed by atoms with E-state index in [0.29, 0.717) is 29.2 Å². The van der Waals surface area contributed by atoms with Crippen molar-refractivity contribution >= 4 is 17.5 Å². The molecule has 0 radical (unpaired) electrons. The van der Waals surface area contributed by atoms with Gasteiger partial charge in [0.15, 0.2) is 0 Å². The molecule has 0 saturated heterocycles. The Morgan fingerprint density at radius 1 is 0.575 bits per heavy atom. The van der Waals surface area contributed by atoms with E-state index in [0.717, 1.165) is 12.2 Å². The van der Waals surface area contributed by atoms with Gasteiger partial charge in [0.25, 0.3) is 11.8 Å². The number of allylic oxidation sites excluding steroid dienone is 1. The summed E-state index contributed by atoms with van der Waals surface area (Å²) in [7, 11) is 0. The molecule has 2 rings (SSSR count). The maximum atomic E-state index is 13.8. The number of benzene rings is 1. The zero-order valence-corrected chi connectivity index (χ0v) is 18.1. The molecule has 0 unspecified atom stereocenters. The molecule has 40 heavy (non-hydrogen) atoms. The fourth-order valence-corrected chi connectivity index (χ4v) is 2.69. The second-order valence-corrected chi connectivity index (χ2v) is 7.47. The average molecular weight is 619 g/mol. The Labute approximate surface area is 208 Å². The van der Waals surface area contributed by atoms with E-state index in [1.54, 1.807) is 0 Å². The van der Waals surface area contributed by atoms with E-state index in [1.807, 2.05) is 0 Å². The van der Waals surface area contributed by atoms with Crippen LogP contribution in [0.4, 0.5) is 80.3 Å². The molecule has 1 aromatic rings. The number of imide groups is 1. The first kappa shape index (κ1) is 32.7. The van der Waals surface area contributed by atoms with E-state index in [9.17, 15) is 84.2 Å². The number of halogens is 17. The average Bonchev–Trinajstić information content (AvgIpc) is 3.15. The van der Waals surface area contributed by atoms with E-state index in [-0.39, 0.29) is 5.69 Å². The van der Waals surface area contributed by atoms with Crippen molar-refractivity contribution in [1.29, 1.82) is 0 Å². The van der Waals surface area contributed by atoms with Gasteiger partial charge in [-0.15, -0.1) is 0 Å². The molecule has 224 valence electrons. The molecule has 1 heterocycles. The molecule has 4 nitrogen and oxygen atoms in total. The second-order valence-electron chi connectivity index (χ2n) is 7.47. The molecule has 1 aromatic carbocycles. The lowest BCUT2D eigenvalue weighted by Crippen LogP contribution is -2.72. The highest BCUT2D eigenvalue weighted by Gasteiger charge is 2.93. The van der Waals surface area contributed by atoms with Gasteiger partial charge >= 0.3 is 47.7 Å². The Hall–Kier alpha value is -3.55. The van der Waals surface area contributed by atoms with Crippen molar-refractivity contribution in [3.63, 3.8) is 0 Å². The first-order valence-corrected chi connectivity index (χ1v) is 9.43. The van der Waals surface area contributed by atoms with Gasteiger partial charge in [0.1, 0.15) is 5.75 Å². The summed E-state index contributed by atoms with van der Waals surface area (Å²) in [4.78, 5) is 23.5. The number of nitrogens with zero attached hydrogens (tertiary/aromatic N) is 1. The lowest BCUT2D eigenvalue weighted by atomic mass is 9.91. The van der Waals surface area contributed by atoms with Gasteiger partial charge in [-0.3, -0.25) is 9.59 Å². The molecule has 0 atom stereocenters. The van der Waals surface area contributed by atoms with Crippen molar-refractivity contribution in [2.24, 2.45) is 0 Å². The van der Waals surface area contributed by atoms with Crippen LogP contribution in [0.3, 0.4) is 0 Å². The van der Waals surface area contributed by atoms with Crippen molar-refractivity contribution in [3.8, 4) is 5.75 Å². The minimum Gasteiger partial charge on any atom is -0.430 e. The summed E-state index contributed by atoms with van der Waals surface area (Å²) in [5.74, 6) is -57.7. The third-order valence-electron chi connectivity index (χ3n) is 4.89. The molecule has 1 aliphatic rings. The van der Waals surface area contributed by atoms with Crippen LogP contribution >= 0.6 is 0 Å². The van der Waals surface area contributed by atoms with Crippen molar-refractivity contribution in [3.05, 3.63) is 48.3 Å². The number of carbonyl (C=O) groups is 2. The fourth-order valence-electron chi connectivity index (χ4n) is 2.69. The smallest absolute Gasteiger partial charge is 0.430 e. The number of alkyl halides is 15. The fraction of sp³-hybridized carbons (Fsp3) is 0.368. The maximum Gasteiger partial charge on any atom is 0.460 e. The third-order valence-corrected chi connectivity index (χ3v) is 4.89. The lowest BCUT2D eigenvalue weighted by Gasteiger charge is -2.41. The lowest BCUT2D eigenvalue weighted by molar-refractivity contribution is -0.451. The van der Waals surface area contributed by atoms with E-state index in [2.05, 4.69) is 4.74 Å².